The van der Waals surface area contributed by atoms with E-state index in [9.17, 15) is 9.18 Å². The van der Waals surface area contributed by atoms with Crippen molar-refractivity contribution in [1.29, 1.82) is 0 Å². The third kappa shape index (κ3) is 2.76. The van der Waals surface area contributed by atoms with Crippen molar-refractivity contribution in [3.8, 4) is 5.75 Å². The number of amides is 1. The van der Waals surface area contributed by atoms with Gasteiger partial charge in [0, 0.05) is 16.6 Å². The van der Waals surface area contributed by atoms with Gasteiger partial charge >= 0.3 is 0 Å². The number of ether oxygens (including phenoxy) is 1. The van der Waals surface area contributed by atoms with Gasteiger partial charge in [-0.3, -0.25) is 4.79 Å². The highest BCUT2D eigenvalue weighted by Crippen LogP contribution is 2.36. The van der Waals surface area contributed by atoms with E-state index >= 15 is 0 Å². The molecular formula is C20H19FN2O2. The van der Waals surface area contributed by atoms with Gasteiger partial charge in [0.15, 0.2) is 0 Å². The van der Waals surface area contributed by atoms with Gasteiger partial charge < -0.3 is 15.0 Å². The number of fused-ring (bicyclic) bond motifs is 3. The molecule has 1 heterocycles. The van der Waals surface area contributed by atoms with Crippen LogP contribution in [0, 0.1) is 5.82 Å². The molecule has 0 aliphatic heterocycles. The fourth-order valence-corrected chi connectivity index (χ4v) is 3.59. The number of benzene rings is 2. The predicted molar refractivity (Wildman–Crippen MR) is 94.4 cm³/mol. The first-order valence-electron chi connectivity index (χ1n) is 8.41. The molecule has 5 heteroatoms. The summed E-state index contributed by atoms with van der Waals surface area (Å²) < 4.78 is 19.2. The molecule has 0 unspecified atom stereocenters. The number of rotatable bonds is 3. The van der Waals surface area contributed by atoms with E-state index < -0.39 is 5.82 Å². The van der Waals surface area contributed by atoms with Crippen LogP contribution in [0.25, 0.3) is 10.9 Å². The maximum atomic E-state index is 13.9. The molecule has 128 valence electrons. The molecule has 0 spiro atoms. The summed E-state index contributed by atoms with van der Waals surface area (Å²) in [5.74, 6) is -0.0728. The van der Waals surface area contributed by atoms with E-state index in [0.717, 1.165) is 41.6 Å². The number of halogens is 1. The number of carbonyl (C=O) groups excluding carboxylic acids is 1. The highest BCUT2D eigenvalue weighted by Gasteiger charge is 2.26. The number of carbonyl (C=O) groups is 1. The van der Waals surface area contributed by atoms with Gasteiger partial charge in [0.1, 0.15) is 11.6 Å². The van der Waals surface area contributed by atoms with Crippen molar-refractivity contribution in [2.75, 3.05) is 7.11 Å². The summed E-state index contributed by atoms with van der Waals surface area (Å²) in [4.78, 5) is 15.9. The van der Waals surface area contributed by atoms with E-state index in [4.69, 9.17) is 4.74 Å². The summed E-state index contributed by atoms with van der Waals surface area (Å²) in [5.41, 5.74) is 3.32. The van der Waals surface area contributed by atoms with Crippen molar-refractivity contribution in [1.82, 2.24) is 10.3 Å². The van der Waals surface area contributed by atoms with Gasteiger partial charge in [0.2, 0.25) is 0 Å². The lowest BCUT2D eigenvalue weighted by molar-refractivity contribution is 0.0928. The van der Waals surface area contributed by atoms with Crippen LogP contribution in [0.5, 0.6) is 5.75 Å². The molecule has 2 N–H and O–H groups in total. The van der Waals surface area contributed by atoms with Gasteiger partial charge in [-0.25, -0.2) is 4.39 Å². The van der Waals surface area contributed by atoms with Crippen molar-refractivity contribution in [2.24, 2.45) is 0 Å². The van der Waals surface area contributed by atoms with Crippen LogP contribution in [0.1, 0.15) is 40.5 Å². The molecule has 2 aromatic carbocycles. The first-order chi connectivity index (χ1) is 12.2. The molecule has 25 heavy (non-hydrogen) atoms. The summed E-state index contributed by atoms with van der Waals surface area (Å²) in [5, 5.41) is 4.10. The number of nitrogens with one attached hydrogen (secondary N) is 2. The Morgan fingerprint density at radius 2 is 2.12 bits per heavy atom. The number of aryl methyl sites for hydroxylation is 1. The summed E-state index contributed by atoms with van der Waals surface area (Å²) >= 11 is 0. The monoisotopic (exact) mass is 338 g/mol. The molecule has 1 atom stereocenters. The van der Waals surface area contributed by atoms with Crippen molar-refractivity contribution < 1.29 is 13.9 Å². The summed E-state index contributed by atoms with van der Waals surface area (Å²) in [6.07, 6.45) is 2.76. The Balaban J connectivity index is 1.68. The Bertz CT molecular complexity index is 948. The largest absolute Gasteiger partial charge is 0.497 e. The molecule has 4 rings (SSSR count). The summed E-state index contributed by atoms with van der Waals surface area (Å²) in [7, 11) is 1.65. The maximum absolute atomic E-state index is 13.9. The molecule has 0 radical (unpaired) electrons. The zero-order valence-corrected chi connectivity index (χ0v) is 13.9. The minimum absolute atomic E-state index is 0.0763. The number of H-pyrrole nitrogens is 1. The van der Waals surface area contributed by atoms with Crippen LogP contribution in [0.4, 0.5) is 4.39 Å². The highest BCUT2D eigenvalue weighted by molar-refractivity contribution is 5.95. The number of aromatic nitrogens is 1. The lowest BCUT2D eigenvalue weighted by Gasteiger charge is -2.24. The molecule has 1 aliphatic carbocycles. The second kappa shape index (κ2) is 6.24. The SMILES string of the molecule is COc1ccc2[nH]c3c(c2c1)CCC[C@@H]3NC(=O)c1ccccc1F. The molecule has 3 aromatic rings. The van der Waals surface area contributed by atoms with E-state index in [0.29, 0.717) is 0 Å². The average Bonchev–Trinajstić information content (AvgIpc) is 3.01. The minimum Gasteiger partial charge on any atom is -0.497 e. The normalized spacial score (nSPS) is 16.5. The predicted octanol–water partition coefficient (Wildman–Crippen LogP) is 4.12. The first kappa shape index (κ1) is 15.7. The van der Waals surface area contributed by atoms with Crippen molar-refractivity contribution in [2.45, 2.75) is 25.3 Å². The zero-order valence-electron chi connectivity index (χ0n) is 13.9. The Hall–Kier alpha value is -2.82. The van der Waals surface area contributed by atoms with Crippen molar-refractivity contribution >= 4 is 16.8 Å². The average molecular weight is 338 g/mol. The molecule has 0 bridgehead atoms. The van der Waals surface area contributed by atoms with E-state index in [1.54, 1.807) is 19.2 Å². The lowest BCUT2D eigenvalue weighted by atomic mass is 9.91. The third-order valence-electron chi connectivity index (χ3n) is 4.84. The molecule has 0 saturated heterocycles. The second-order valence-electron chi connectivity index (χ2n) is 6.33. The molecule has 4 nitrogen and oxygen atoms in total. The first-order valence-corrected chi connectivity index (χ1v) is 8.41. The van der Waals surface area contributed by atoms with Crippen molar-refractivity contribution in [3.05, 3.63) is 65.1 Å². The van der Waals surface area contributed by atoms with Gasteiger partial charge in [0.25, 0.3) is 5.91 Å². The van der Waals surface area contributed by atoms with Crippen LogP contribution < -0.4 is 10.1 Å². The maximum Gasteiger partial charge on any atom is 0.254 e. The quantitative estimate of drug-likeness (QED) is 0.755. The molecule has 0 fully saturated rings. The summed E-state index contributed by atoms with van der Waals surface area (Å²) in [6.45, 7) is 0. The van der Waals surface area contributed by atoms with E-state index in [1.165, 1.54) is 17.7 Å². The van der Waals surface area contributed by atoms with Gasteiger partial charge in [-0.2, -0.15) is 0 Å². The van der Waals surface area contributed by atoms with E-state index in [2.05, 4.69) is 10.3 Å². The summed E-state index contributed by atoms with van der Waals surface area (Å²) in [6, 6.07) is 11.8. The molecule has 1 aromatic heterocycles. The van der Waals surface area contributed by atoms with Gasteiger partial charge in [-0.15, -0.1) is 0 Å². The van der Waals surface area contributed by atoms with Gasteiger partial charge in [0.05, 0.1) is 18.7 Å². The Morgan fingerprint density at radius 1 is 1.28 bits per heavy atom. The van der Waals surface area contributed by atoms with Crippen LogP contribution in [-0.2, 0) is 6.42 Å². The van der Waals surface area contributed by atoms with Crippen molar-refractivity contribution in [3.63, 3.8) is 0 Å². The number of hydrogen-bond donors (Lipinski definition) is 2. The Morgan fingerprint density at radius 3 is 2.92 bits per heavy atom. The lowest BCUT2D eigenvalue weighted by Crippen LogP contribution is -2.31. The highest BCUT2D eigenvalue weighted by atomic mass is 19.1. The molecule has 1 amide bonds. The van der Waals surface area contributed by atoms with Crippen LogP contribution >= 0.6 is 0 Å². The fourth-order valence-electron chi connectivity index (χ4n) is 3.59. The number of methoxy groups -OCH3 is 1. The van der Waals surface area contributed by atoms with Gasteiger partial charge in [-0.05, 0) is 55.2 Å². The van der Waals surface area contributed by atoms with Crippen LogP contribution in [0.3, 0.4) is 0 Å². The number of aromatic amines is 1. The van der Waals surface area contributed by atoms with Crippen LogP contribution in [0.15, 0.2) is 42.5 Å². The zero-order chi connectivity index (χ0) is 17.4. The third-order valence-corrected chi connectivity index (χ3v) is 4.84. The smallest absolute Gasteiger partial charge is 0.254 e. The van der Waals surface area contributed by atoms with E-state index in [-0.39, 0.29) is 17.5 Å². The molecule has 0 saturated carbocycles. The minimum atomic E-state index is -0.502. The molecular weight excluding hydrogens is 319 g/mol. The van der Waals surface area contributed by atoms with Crippen LogP contribution in [-0.4, -0.2) is 18.0 Å². The van der Waals surface area contributed by atoms with Gasteiger partial charge in [-0.1, -0.05) is 12.1 Å². The Kier molecular flexibility index (Phi) is 3.92. The van der Waals surface area contributed by atoms with E-state index in [1.807, 2.05) is 18.2 Å². The second-order valence-corrected chi connectivity index (χ2v) is 6.33. The van der Waals surface area contributed by atoms with Crippen LogP contribution in [0.2, 0.25) is 0 Å². The Labute approximate surface area is 145 Å². The standard InChI is InChI=1S/C20H19FN2O2/c1-25-12-9-10-17-15(11-12)13-6-4-8-18(19(13)22-17)23-20(24)14-5-2-3-7-16(14)21/h2-3,5,7,9-11,18,22H,4,6,8H2,1H3,(H,23,24)/t18-/m0/s1. The topological polar surface area (TPSA) is 54.1 Å². The number of hydrogen-bond acceptors (Lipinski definition) is 2. The molecule has 1 aliphatic rings. The fraction of sp³-hybridized carbons (Fsp3) is 0.250.